The van der Waals surface area contributed by atoms with Crippen molar-refractivity contribution in [2.45, 2.75) is 44.7 Å². The van der Waals surface area contributed by atoms with Crippen LogP contribution in [0.5, 0.6) is 0 Å². The smallest absolute Gasteiger partial charge is 0.194 e. The van der Waals surface area contributed by atoms with Crippen LogP contribution in [-0.4, -0.2) is 50.4 Å². The number of hydrogen-bond acceptors (Lipinski definition) is 3. The minimum atomic E-state index is -2.84. The highest BCUT2D eigenvalue weighted by Gasteiger charge is 2.28. The molecule has 1 unspecified atom stereocenters. The first-order valence-corrected chi connectivity index (χ1v) is 11.1. The molecule has 1 N–H and O–H groups in total. The van der Waals surface area contributed by atoms with Crippen LogP contribution in [-0.2, 0) is 16.4 Å². The van der Waals surface area contributed by atoms with Crippen molar-refractivity contribution in [2.24, 2.45) is 10.9 Å². The molecule has 1 aromatic carbocycles. The van der Waals surface area contributed by atoms with E-state index in [1.807, 2.05) is 18.2 Å². The Bertz CT molecular complexity index is 682. The van der Waals surface area contributed by atoms with Crippen LogP contribution in [0.4, 0.5) is 0 Å². The average molecular weight is 364 g/mol. The molecule has 0 spiro atoms. The third-order valence-electron chi connectivity index (χ3n) is 5.14. The molecule has 1 aliphatic carbocycles. The molecule has 1 heterocycles. The van der Waals surface area contributed by atoms with Gasteiger partial charge in [0.1, 0.15) is 0 Å². The van der Waals surface area contributed by atoms with Gasteiger partial charge in [-0.1, -0.05) is 43.2 Å². The number of rotatable bonds is 5. The molecule has 2 aliphatic rings. The first kappa shape index (κ1) is 18.2. The largest absolute Gasteiger partial charge is 0.354 e. The highest BCUT2D eigenvalue weighted by atomic mass is 32.2. The van der Waals surface area contributed by atoms with Crippen LogP contribution in [0, 0.1) is 5.92 Å². The quantitative estimate of drug-likeness (QED) is 0.645. The fourth-order valence-electron chi connectivity index (χ4n) is 3.69. The van der Waals surface area contributed by atoms with E-state index >= 15 is 0 Å². The number of sulfone groups is 1. The predicted octanol–water partition coefficient (Wildman–Crippen LogP) is 2.44. The highest BCUT2D eigenvalue weighted by molar-refractivity contribution is 7.91. The van der Waals surface area contributed by atoms with Gasteiger partial charge in [-0.05, 0) is 30.7 Å². The molecule has 2 fully saturated rings. The zero-order valence-electron chi connectivity index (χ0n) is 15.0. The van der Waals surface area contributed by atoms with Gasteiger partial charge in [0.2, 0.25) is 0 Å². The van der Waals surface area contributed by atoms with E-state index < -0.39 is 9.84 Å². The second-order valence-electron chi connectivity index (χ2n) is 7.40. The summed E-state index contributed by atoms with van der Waals surface area (Å²) in [7, 11) is -0.783. The summed E-state index contributed by atoms with van der Waals surface area (Å²) in [4.78, 5) is 6.95. The third-order valence-corrected chi connectivity index (χ3v) is 6.98. The fourth-order valence-corrected chi connectivity index (χ4v) is 5.54. The second kappa shape index (κ2) is 8.21. The molecule has 3 rings (SSSR count). The van der Waals surface area contributed by atoms with Crippen LogP contribution < -0.4 is 5.32 Å². The number of aliphatic imine (C=N–C) groups is 1. The Kier molecular flexibility index (Phi) is 5.99. The zero-order valence-corrected chi connectivity index (χ0v) is 15.8. The van der Waals surface area contributed by atoms with Crippen molar-refractivity contribution < 1.29 is 8.42 Å². The standard InChI is InChI=1S/C19H29N3O2S/c1-22(14-16-7-3-2-4-8-16)19(21-18-9-5-6-10-18)20-13-17-11-12-25(23,24)15-17/h2-4,7-8,17-18H,5-6,9-15H2,1H3,(H,20,21). The number of nitrogens with one attached hydrogen (secondary N) is 1. The number of guanidine groups is 1. The number of nitrogens with zero attached hydrogens (tertiary/aromatic N) is 2. The van der Waals surface area contributed by atoms with Gasteiger partial charge in [-0.15, -0.1) is 0 Å². The van der Waals surface area contributed by atoms with E-state index in [0.717, 1.165) is 18.9 Å². The predicted molar refractivity (Wildman–Crippen MR) is 102 cm³/mol. The van der Waals surface area contributed by atoms with Gasteiger partial charge in [-0.3, -0.25) is 4.99 Å². The van der Waals surface area contributed by atoms with Gasteiger partial charge in [0, 0.05) is 26.2 Å². The molecule has 138 valence electrons. The molecule has 25 heavy (non-hydrogen) atoms. The van der Waals surface area contributed by atoms with Crippen LogP contribution in [0.3, 0.4) is 0 Å². The lowest BCUT2D eigenvalue weighted by molar-refractivity contribution is 0.453. The van der Waals surface area contributed by atoms with E-state index in [1.54, 1.807) is 0 Å². The van der Waals surface area contributed by atoms with E-state index in [1.165, 1.54) is 31.2 Å². The molecular formula is C19H29N3O2S. The lowest BCUT2D eigenvalue weighted by Gasteiger charge is -2.26. The summed E-state index contributed by atoms with van der Waals surface area (Å²) >= 11 is 0. The normalized spacial score (nSPS) is 23.7. The third kappa shape index (κ3) is 5.46. The van der Waals surface area contributed by atoms with Gasteiger partial charge in [-0.25, -0.2) is 8.42 Å². The van der Waals surface area contributed by atoms with Crippen molar-refractivity contribution in [1.82, 2.24) is 10.2 Å². The van der Waals surface area contributed by atoms with Crippen molar-refractivity contribution in [3.8, 4) is 0 Å². The molecule has 0 amide bonds. The van der Waals surface area contributed by atoms with Gasteiger partial charge in [0.05, 0.1) is 11.5 Å². The first-order valence-electron chi connectivity index (χ1n) is 9.28. The molecular weight excluding hydrogens is 334 g/mol. The number of hydrogen-bond donors (Lipinski definition) is 1. The molecule has 5 nitrogen and oxygen atoms in total. The minimum Gasteiger partial charge on any atom is -0.354 e. The lowest BCUT2D eigenvalue weighted by atomic mass is 10.1. The summed E-state index contributed by atoms with van der Waals surface area (Å²) in [6, 6.07) is 10.8. The highest BCUT2D eigenvalue weighted by Crippen LogP contribution is 2.20. The van der Waals surface area contributed by atoms with Crippen molar-refractivity contribution in [3.63, 3.8) is 0 Å². The van der Waals surface area contributed by atoms with Gasteiger partial charge in [-0.2, -0.15) is 0 Å². The summed E-state index contributed by atoms with van der Waals surface area (Å²) in [5.41, 5.74) is 1.24. The Balaban J connectivity index is 1.66. The Labute approximate surface area is 151 Å². The van der Waals surface area contributed by atoms with Gasteiger partial charge >= 0.3 is 0 Å². The van der Waals surface area contributed by atoms with E-state index in [0.29, 0.717) is 18.3 Å². The Morgan fingerprint density at radius 1 is 1.20 bits per heavy atom. The summed E-state index contributed by atoms with van der Waals surface area (Å²) in [5.74, 6) is 1.67. The van der Waals surface area contributed by atoms with Crippen LogP contribution >= 0.6 is 0 Å². The molecule has 6 heteroatoms. The van der Waals surface area contributed by atoms with Crippen LogP contribution in [0.15, 0.2) is 35.3 Å². The van der Waals surface area contributed by atoms with Crippen molar-refractivity contribution in [3.05, 3.63) is 35.9 Å². The van der Waals surface area contributed by atoms with Crippen molar-refractivity contribution in [2.75, 3.05) is 25.1 Å². The molecule has 1 aromatic rings. The summed E-state index contributed by atoms with van der Waals surface area (Å²) in [6.07, 6.45) is 5.67. The molecule has 0 radical (unpaired) electrons. The Hall–Kier alpha value is -1.56. The molecule has 1 saturated heterocycles. The van der Waals surface area contributed by atoms with Gasteiger partial charge in [0.25, 0.3) is 0 Å². The van der Waals surface area contributed by atoms with Crippen LogP contribution in [0.2, 0.25) is 0 Å². The molecule has 1 saturated carbocycles. The van der Waals surface area contributed by atoms with Crippen LogP contribution in [0.25, 0.3) is 0 Å². The zero-order chi connectivity index (χ0) is 17.7. The summed E-state index contributed by atoms with van der Waals surface area (Å²) in [5, 5.41) is 3.61. The summed E-state index contributed by atoms with van der Waals surface area (Å²) in [6.45, 7) is 1.38. The minimum absolute atomic E-state index is 0.163. The van der Waals surface area contributed by atoms with Crippen LogP contribution in [0.1, 0.15) is 37.7 Å². The van der Waals surface area contributed by atoms with Crippen molar-refractivity contribution in [1.29, 1.82) is 0 Å². The van der Waals surface area contributed by atoms with Gasteiger partial charge in [0.15, 0.2) is 15.8 Å². The average Bonchev–Trinajstić information content (AvgIpc) is 3.21. The molecule has 0 aromatic heterocycles. The maximum absolute atomic E-state index is 11.7. The number of benzene rings is 1. The second-order valence-corrected chi connectivity index (χ2v) is 9.63. The van der Waals surface area contributed by atoms with E-state index in [2.05, 4.69) is 29.4 Å². The Morgan fingerprint density at radius 3 is 2.56 bits per heavy atom. The monoisotopic (exact) mass is 363 g/mol. The Morgan fingerprint density at radius 2 is 1.92 bits per heavy atom. The summed E-state index contributed by atoms with van der Waals surface area (Å²) < 4.78 is 23.3. The first-order chi connectivity index (χ1) is 12.0. The molecule has 1 aliphatic heterocycles. The fraction of sp³-hybridized carbons (Fsp3) is 0.632. The van der Waals surface area contributed by atoms with Gasteiger partial charge < -0.3 is 10.2 Å². The van der Waals surface area contributed by atoms with E-state index in [4.69, 9.17) is 4.99 Å². The SMILES string of the molecule is CN(Cc1ccccc1)C(=NCC1CCS(=O)(=O)C1)NC1CCCC1. The maximum atomic E-state index is 11.7. The van der Waals surface area contributed by atoms with E-state index in [-0.39, 0.29) is 11.7 Å². The van der Waals surface area contributed by atoms with E-state index in [9.17, 15) is 8.42 Å². The maximum Gasteiger partial charge on any atom is 0.194 e. The topological polar surface area (TPSA) is 61.8 Å². The van der Waals surface area contributed by atoms with Crippen molar-refractivity contribution >= 4 is 15.8 Å². The molecule has 0 bridgehead atoms. The lowest BCUT2D eigenvalue weighted by Crippen LogP contribution is -2.43. The molecule has 1 atom stereocenters.